The van der Waals surface area contributed by atoms with Crippen LogP contribution >= 0.6 is 0 Å². The van der Waals surface area contributed by atoms with Crippen LogP contribution in [0.5, 0.6) is 0 Å². The fourth-order valence-electron chi connectivity index (χ4n) is 6.62. The highest BCUT2D eigenvalue weighted by atomic mass is 14.2. The Bertz CT molecular complexity index is 5050. The fourth-order valence-corrected chi connectivity index (χ4v) is 6.62. The summed E-state index contributed by atoms with van der Waals surface area (Å²) in [6, 6.07) is -35.4. The van der Waals surface area contributed by atoms with Gasteiger partial charge in [-0.05, 0) is 121 Å². The number of hydrogen-bond donors (Lipinski definition) is 0. The molecule has 0 aliphatic rings. The molecule has 11 rings (SSSR count). The van der Waals surface area contributed by atoms with Crippen LogP contribution in [0.3, 0.4) is 0 Å². The third-order valence-electron chi connectivity index (χ3n) is 8.88. The van der Waals surface area contributed by atoms with Crippen molar-refractivity contribution in [1.29, 1.82) is 0 Å². The molecule has 0 unspecified atom stereocenters. The fraction of sp³-hybridized carbons (Fsp3) is 0. The van der Waals surface area contributed by atoms with E-state index >= 15 is 0 Å². The first-order valence-electron chi connectivity index (χ1n) is 33.0. The van der Waals surface area contributed by atoms with Gasteiger partial charge in [-0.1, -0.05) is 193 Å². The zero-order chi connectivity index (χ0) is 65.2. The quantitative estimate of drug-likeness (QED) is 0.159. The van der Waals surface area contributed by atoms with E-state index in [0.29, 0.717) is 0 Å². The second kappa shape index (κ2) is 12.3. The van der Waals surface area contributed by atoms with Crippen molar-refractivity contribution < 1.29 is 46.6 Å². The summed E-state index contributed by atoms with van der Waals surface area (Å²) in [6.07, 6.45) is 0. The molecular weight excluding hydrogens is 649 g/mol. The SMILES string of the molecule is [2H]c1c([2H])c(-c2c3c([2H])c([2H])c([2H])c([2H])c3c(-c3c4c([2H])c([2H])c([2H])c([2H])c4c(-c4c([2H])c([2H])c5c([2H])c([2H])c([2H])c([2H])c5c4[2H])c4c([2H])c([2H])c([2H])c([2H])c34)c3c([2H])c([2H])c([2H])c([2H])c23)c([2H])c([2H])c1-c1c([2H])c([2H])c2c([2H])c([2H])c([2H])c([2H])c2c1[2H]. The summed E-state index contributed by atoms with van der Waals surface area (Å²) in [6.45, 7) is 0. The van der Waals surface area contributed by atoms with Crippen molar-refractivity contribution >= 4 is 64.6 Å². The highest BCUT2D eigenvalue weighted by Crippen LogP contribution is 2.50. The van der Waals surface area contributed by atoms with Crippen molar-refractivity contribution in [3.63, 3.8) is 0 Å². The highest BCUT2D eigenvalue weighted by Gasteiger charge is 2.22. The van der Waals surface area contributed by atoms with Crippen LogP contribution in [0.15, 0.2) is 205 Å². The van der Waals surface area contributed by atoms with Crippen LogP contribution in [0, 0.1) is 0 Å². The molecule has 0 saturated heterocycles. The molecule has 0 radical (unpaired) electrons. The minimum absolute atomic E-state index is 0.587. The van der Waals surface area contributed by atoms with Gasteiger partial charge in [0.15, 0.2) is 0 Å². The van der Waals surface area contributed by atoms with E-state index < -0.39 is 315 Å². The lowest BCUT2D eigenvalue weighted by Crippen LogP contribution is -1.94. The summed E-state index contributed by atoms with van der Waals surface area (Å²) < 4.78 is 312. The van der Waals surface area contributed by atoms with Crippen molar-refractivity contribution in [3.8, 4) is 44.5 Å². The topological polar surface area (TPSA) is 0 Å². The first-order chi connectivity index (χ1) is 41.0. The molecule has 0 atom stereocenters. The van der Waals surface area contributed by atoms with Gasteiger partial charge in [0, 0.05) is 0 Å². The lowest BCUT2D eigenvalue weighted by atomic mass is 9.81. The molecule has 11 aromatic carbocycles. The predicted molar refractivity (Wildman–Crippen MR) is 233 cm³/mol. The van der Waals surface area contributed by atoms with Crippen molar-refractivity contribution in [1.82, 2.24) is 0 Å². The average Bonchev–Trinajstić information content (AvgIpc) is 0.698. The second-order valence-corrected chi connectivity index (χ2v) is 11.8. The molecule has 0 aliphatic carbocycles. The lowest BCUT2D eigenvalue weighted by molar-refractivity contribution is 1.63. The molecule has 0 saturated carbocycles. The third kappa shape index (κ3) is 4.78. The minimum atomic E-state index is -1.19. The summed E-state index contributed by atoms with van der Waals surface area (Å²) in [7, 11) is 0. The van der Waals surface area contributed by atoms with Gasteiger partial charge in [-0.2, -0.15) is 0 Å². The van der Waals surface area contributed by atoms with Crippen molar-refractivity contribution in [2.45, 2.75) is 0 Å². The highest BCUT2D eigenvalue weighted by molar-refractivity contribution is 6.30. The molecular formula is C54H34. The van der Waals surface area contributed by atoms with E-state index in [4.69, 9.17) is 24.7 Å². The Morgan fingerprint density at radius 3 is 0.907 bits per heavy atom. The smallest absolute Gasteiger partial charge is 0.0616 e. The Balaban J connectivity index is 1.46. The van der Waals surface area contributed by atoms with E-state index in [1.54, 1.807) is 0 Å². The molecule has 54 heavy (non-hydrogen) atoms. The molecule has 250 valence electrons. The first-order valence-corrected chi connectivity index (χ1v) is 16.0. The third-order valence-corrected chi connectivity index (χ3v) is 8.88. The maximum Gasteiger partial charge on any atom is 0.0636 e. The monoisotopic (exact) mass is 716 g/mol. The van der Waals surface area contributed by atoms with Gasteiger partial charge >= 0.3 is 0 Å². The molecule has 0 N–H and O–H groups in total. The second-order valence-electron chi connectivity index (χ2n) is 11.8. The van der Waals surface area contributed by atoms with Gasteiger partial charge in [-0.25, -0.2) is 0 Å². The molecule has 0 bridgehead atoms. The molecule has 0 amide bonds. The Hall–Kier alpha value is -7.02. The van der Waals surface area contributed by atoms with Crippen molar-refractivity contribution in [3.05, 3.63) is 205 Å². The normalized spacial score (nSPS) is 20.5. The Morgan fingerprint density at radius 2 is 0.481 bits per heavy atom. The Morgan fingerprint density at radius 1 is 0.204 bits per heavy atom. The lowest BCUT2D eigenvalue weighted by Gasteiger charge is -2.22. The predicted octanol–water partition coefficient (Wildman–Crippen LogP) is 15.3. The van der Waals surface area contributed by atoms with Crippen LogP contribution in [-0.4, -0.2) is 0 Å². The van der Waals surface area contributed by atoms with E-state index in [2.05, 4.69) is 0 Å². The minimum Gasteiger partial charge on any atom is -0.0616 e. The zero-order valence-corrected chi connectivity index (χ0v) is 27.0. The van der Waals surface area contributed by atoms with Gasteiger partial charge in [0.25, 0.3) is 0 Å². The number of hydrogen-bond acceptors (Lipinski definition) is 0. The summed E-state index contributed by atoms with van der Waals surface area (Å²) in [4.78, 5) is 0. The molecule has 0 nitrogen and oxygen atoms in total. The number of benzene rings is 11. The summed E-state index contributed by atoms with van der Waals surface area (Å²) in [5.41, 5.74) is -7.07. The van der Waals surface area contributed by atoms with Crippen LogP contribution in [0.25, 0.3) is 109 Å². The largest absolute Gasteiger partial charge is 0.0636 e. The first kappa shape index (κ1) is 12.0. The molecule has 0 heterocycles. The van der Waals surface area contributed by atoms with E-state index in [1.165, 1.54) is 0 Å². The van der Waals surface area contributed by atoms with E-state index in [-0.39, 0.29) is 0 Å². The van der Waals surface area contributed by atoms with E-state index in [1.807, 2.05) is 0 Å². The van der Waals surface area contributed by atoms with Crippen LogP contribution in [0.4, 0.5) is 0 Å². The van der Waals surface area contributed by atoms with Crippen LogP contribution in [0.2, 0.25) is 0 Å². The van der Waals surface area contributed by atoms with Crippen LogP contribution < -0.4 is 0 Å². The maximum atomic E-state index is 9.77. The van der Waals surface area contributed by atoms with Gasteiger partial charge in [0.1, 0.15) is 0 Å². The molecule has 0 heteroatoms. The summed E-state index contributed by atoms with van der Waals surface area (Å²) in [5.74, 6) is 0. The van der Waals surface area contributed by atoms with Gasteiger partial charge in [0.2, 0.25) is 0 Å². The summed E-state index contributed by atoms with van der Waals surface area (Å²) >= 11 is 0. The van der Waals surface area contributed by atoms with Gasteiger partial charge < -0.3 is 0 Å². The molecule has 11 aromatic rings. The van der Waals surface area contributed by atoms with Crippen molar-refractivity contribution in [2.75, 3.05) is 0 Å². The van der Waals surface area contributed by atoms with Gasteiger partial charge in [-0.3, -0.25) is 0 Å². The molecule has 0 aromatic heterocycles. The molecule has 0 fully saturated rings. The maximum absolute atomic E-state index is 9.77. The Labute approximate surface area is 362 Å². The zero-order valence-electron chi connectivity index (χ0n) is 61.0. The Kier molecular flexibility index (Phi) is 2.73. The average molecular weight is 717 g/mol. The van der Waals surface area contributed by atoms with E-state index in [0.717, 1.165) is 0 Å². The standard InChI is InChI=1S/C54H34/c1-3-15-39-33-41(31-27-35(39)13-1)37-25-29-38(30-26-37)51-43-17-5-9-21-47(43)53(48-22-10-6-18-44(48)51)54-49-23-11-7-19-45(49)52(46-20-8-12-24-50(46)54)42-32-28-36-14-2-4-16-40(36)34-42/h1-34H/i1D,2D,3D,4D,5D,6D,7D,8D,9D,10D,11D,12D,13D,14D,15D,16D,17D,18D,19D,20D,21D,22D,23D,24D,25D,26D,27D,28D,29D,30D,31D,32D,33D,34D. The number of fused-ring (bicyclic) bond motifs is 6. The van der Waals surface area contributed by atoms with Gasteiger partial charge in [0.05, 0.1) is 46.6 Å². The van der Waals surface area contributed by atoms with Crippen molar-refractivity contribution in [2.24, 2.45) is 0 Å². The molecule has 0 aliphatic heterocycles. The van der Waals surface area contributed by atoms with Gasteiger partial charge in [-0.15, -0.1) is 0 Å². The number of rotatable bonds is 4. The van der Waals surface area contributed by atoms with E-state index in [9.17, 15) is 21.9 Å². The van der Waals surface area contributed by atoms with Crippen LogP contribution in [-0.2, 0) is 0 Å². The molecule has 0 spiro atoms. The van der Waals surface area contributed by atoms with Crippen LogP contribution in [0.1, 0.15) is 46.6 Å². The summed E-state index contributed by atoms with van der Waals surface area (Å²) in [5, 5.41) is -9.66.